The zero-order valence-corrected chi connectivity index (χ0v) is 16.1. The van der Waals surface area contributed by atoms with Crippen LogP contribution in [0.2, 0.25) is 0 Å². The third-order valence-corrected chi connectivity index (χ3v) is 4.38. The molecule has 0 atom stereocenters. The van der Waals surface area contributed by atoms with E-state index in [1.54, 1.807) is 4.40 Å². The highest BCUT2D eigenvalue weighted by Gasteiger charge is 2.20. The molecule has 4 rings (SSSR count). The van der Waals surface area contributed by atoms with Crippen LogP contribution in [0.4, 0.5) is 0 Å². The van der Waals surface area contributed by atoms with Crippen molar-refractivity contribution in [2.45, 2.75) is 66.7 Å². The summed E-state index contributed by atoms with van der Waals surface area (Å²) in [5, 5.41) is 0.675. The molecule has 134 valence electrons. The number of para-hydroxylation sites is 1. The Labute approximate surface area is 149 Å². The minimum atomic E-state index is 0.0175. The molecule has 0 spiro atoms. The minimum Gasteiger partial charge on any atom is -0.268 e. The average molecular weight is 339 g/mol. The normalized spacial score (nSPS) is 12.7. The van der Waals surface area contributed by atoms with E-state index in [9.17, 15) is 4.79 Å². The van der Waals surface area contributed by atoms with Gasteiger partial charge in [-0.2, -0.15) is 0 Å². The summed E-state index contributed by atoms with van der Waals surface area (Å²) < 4.78 is 1.75. The lowest BCUT2D eigenvalue weighted by atomic mass is 9.93. The molecule has 0 unspecified atom stereocenters. The van der Waals surface area contributed by atoms with Gasteiger partial charge in [0.05, 0.1) is 10.9 Å². The smallest absolute Gasteiger partial charge is 0.267 e. The first-order valence-corrected chi connectivity index (χ1v) is 9.61. The molecule has 0 amide bonds. The van der Waals surface area contributed by atoms with Gasteiger partial charge in [-0.3, -0.25) is 4.79 Å². The first-order valence-electron chi connectivity index (χ1n) is 9.61. The van der Waals surface area contributed by atoms with Crippen molar-refractivity contribution in [1.82, 2.24) is 14.4 Å². The van der Waals surface area contributed by atoms with E-state index in [2.05, 4.69) is 16.9 Å². The van der Waals surface area contributed by atoms with Gasteiger partial charge >= 0.3 is 0 Å². The van der Waals surface area contributed by atoms with Gasteiger partial charge < -0.3 is 0 Å². The Balaban J connectivity index is 0.000000528. The average Bonchev–Trinajstić information content (AvgIpc) is 2.70. The zero-order chi connectivity index (χ0) is 18.4. The number of hydrogen-bond donors (Lipinski definition) is 0. The van der Waals surface area contributed by atoms with Gasteiger partial charge in [-0.1, -0.05) is 46.8 Å². The Kier molecular flexibility index (Phi) is 6.68. The van der Waals surface area contributed by atoms with E-state index in [0.717, 1.165) is 42.6 Å². The molecule has 3 aromatic rings. The summed E-state index contributed by atoms with van der Waals surface area (Å²) in [5.74, 6) is 0.552. The second-order valence-electron chi connectivity index (χ2n) is 5.61. The van der Waals surface area contributed by atoms with Crippen LogP contribution in [-0.4, -0.2) is 14.4 Å². The number of fused-ring (bicyclic) bond motifs is 4. The topological polar surface area (TPSA) is 47.3 Å². The summed E-state index contributed by atoms with van der Waals surface area (Å²) in [4.78, 5) is 22.1. The predicted octanol–water partition coefficient (Wildman–Crippen LogP) is 4.74. The van der Waals surface area contributed by atoms with E-state index in [1.165, 1.54) is 12.0 Å². The van der Waals surface area contributed by atoms with Crippen molar-refractivity contribution in [3.63, 3.8) is 0 Å². The molecule has 0 saturated carbocycles. The molecule has 0 N–H and O–H groups in total. The van der Waals surface area contributed by atoms with Crippen LogP contribution in [0.25, 0.3) is 16.7 Å². The van der Waals surface area contributed by atoms with Crippen molar-refractivity contribution in [3.8, 4) is 0 Å². The van der Waals surface area contributed by atoms with Crippen molar-refractivity contribution in [1.29, 1.82) is 0 Å². The highest BCUT2D eigenvalue weighted by atomic mass is 16.1. The van der Waals surface area contributed by atoms with Crippen LogP contribution in [0, 0.1) is 0 Å². The number of aryl methyl sites for hydroxylation is 2. The van der Waals surface area contributed by atoms with E-state index < -0.39 is 0 Å². The summed E-state index contributed by atoms with van der Waals surface area (Å²) in [6.45, 7) is 10.1. The van der Waals surface area contributed by atoms with Gasteiger partial charge in [0.2, 0.25) is 5.78 Å². The molecule has 0 fully saturated rings. The Morgan fingerprint density at radius 1 is 1.00 bits per heavy atom. The molecule has 4 heteroatoms. The SMILES string of the molecule is CC.CC.CCc1nc2nc3ccccc3c(=O)n2c2c1CCCC2. The summed E-state index contributed by atoms with van der Waals surface area (Å²) >= 11 is 0. The van der Waals surface area contributed by atoms with E-state index in [-0.39, 0.29) is 5.56 Å². The van der Waals surface area contributed by atoms with Crippen LogP contribution in [0.5, 0.6) is 0 Å². The van der Waals surface area contributed by atoms with Crippen LogP contribution in [0.1, 0.15) is 64.4 Å². The van der Waals surface area contributed by atoms with Crippen molar-refractivity contribution in [2.24, 2.45) is 0 Å². The molecule has 0 bridgehead atoms. The van der Waals surface area contributed by atoms with Crippen LogP contribution in [0.3, 0.4) is 0 Å². The van der Waals surface area contributed by atoms with Gasteiger partial charge in [-0.25, -0.2) is 14.4 Å². The van der Waals surface area contributed by atoms with Crippen molar-refractivity contribution >= 4 is 16.7 Å². The quantitative estimate of drug-likeness (QED) is 0.602. The van der Waals surface area contributed by atoms with Gasteiger partial charge in [0.25, 0.3) is 5.56 Å². The van der Waals surface area contributed by atoms with E-state index in [0.29, 0.717) is 11.2 Å². The first-order chi connectivity index (χ1) is 12.3. The van der Waals surface area contributed by atoms with Crippen molar-refractivity contribution in [3.05, 3.63) is 51.6 Å². The van der Waals surface area contributed by atoms with Gasteiger partial charge in [-0.05, 0) is 49.8 Å². The molecule has 1 aromatic carbocycles. The Bertz CT molecular complexity index is 912. The molecule has 2 aromatic heterocycles. The molecule has 0 radical (unpaired) electrons. The van der Waals surface area contributed by atoms with Crippen LogP contribution in [-0.2, 0) is 19.3 Å². The van der Waals surface area contributed by atoms with E-state index in [4.69, 9.17) is 0 Å². The number of hydrogen-bond acceptors (Lipinski definition) is 3. The molecule has 25 heavy (non-hydrogen) atoms. The molecular formula is C21H29N3O. The molecule has 0 saturated heterocycles. The maximum absolute atomic E-state index is 12.8. The largest absolute Gasteiger partial charge is 0.268 e. The van der Waals surface area contributed by atoms with Gasteiger partial charge in [0.1, 0.15) is 0 Å². The number of benzene rings is 1. The standard InChI is InChI=1S/C17H17N3O.2C2H6/c1-2-13-11-7-4-6-10-15(11)20-16(21)12-8-3-5-9-14(12)19-17(20)18-13;2*1-2/h3,5,8-9H,2,4,6-7,10H2,1H3;2*1-2H3. The lowest BCUT2D eigenvalue weighted by Crippen LogP contribution is -2.24. The first kappa shape index (κ1) is 19.1. The highest BCUT2D eigenvalue weighted by molar-refractivity contribution is 5.79. The van der Waals surface area contributed by atoms with Crippen LogP contribution >= 0.6 is 0 Å². The predicted molar refractivity (Wildman–Crippen MR) is 105 cm³/mol. The fourth-order valence-electron chi connectivity index (χ4n) is 3.37. The summed E-state index contributed by atoms with van der Waals surface area (Å²) in [5.41, 5.74) is 4.25. The molecule has 0 aliphatic heterocycles. The van der Waals surface area contributed by atoms with Gasteiger partial charge in [-0.15, -0.1) is 0 Å². The minimum absolute atomic E-state index is 0.0175. The molecule has 4 nitrogen and oxygen atoms in total. The second kappa shape index (κ2) is 8.75. The van der Waals surface area contributed by atoms with Crippen LogP contribution in [0.15, 0.2) is 29.1 Å². The number of rotatable bonds is 1. The maximum Gasteiger partial charge on any atom is 0.267 e. The third-order valence-electron chi connectivity index (χ3n) is 4.38. The van der Waals surface area contributed by atoms with E-state index >= 15 is 0 Å². The fourth-order valence-corrected chi connectivity index (χ4v) is 3.37. The Morgan fingerprint density at radius 3 is 2.40 bits per heavy atom. The zero-order valence-electron chi connectivity index (χ0n) is 16.1. The number of aromatic nitrogens is 3. The summed E-state index contributed by atoms with van der Waals surface area (Å²) in [7, 11) is 0. The maximum atomic E-state index is 12.8. The lowest BCUT2D eigenvalue weighted by Gasteiger charge is -2.20. The monoisotopic (exact) mass is 339 g/mol. The van der Waals surface area contributed by atoms with Crippen LogP contribution < -0.4 is 5.56 Å². The van der Waals surface area contributed by atoms with Crippen molar-refractivity contribution in [2.75, 3.05) is 0 Å². The third kappa shape index (κ3) is 3.44. The number of nitrogens with zero attached hydrogens (tertiary/aromatic N) is 3. The summed E-state index contributed by atoms with van der Waals surface area (Å²) in [6.07, 6.45) is 5.18. The Hall–Kier alpha value is -2.23. The van der Waals surface area contributed by atoms with Gasteiger partial charge in [0, 0.05) is 11.4 Å². The molecule has 1 aliphatic rings. The highest BCUT2D eigenvalue weighted by Crippen LogP contribution is 2.24. The molecule has 1 aliphatic carbocycles. The van der Waals surface area contributed by atoms with Crippen molar-refractivity contribution < 1.29 is 0 Å². The fraction of sp³-hybridized carbons (Fsp3) is 0.476. The molecular weight excluding hydrogens is 310 g/mol. The molecule has 2 heterocycles. The second-order valence-corrected chi connectivity index (χ2v) is 5.61. The Morgan fingerprint density at radius 2 is 1.68 bits per heavy atom. The summed E-state index contributed by atoms with van der Waals surface area (Å²) in [6, 6.07) is 7.52. The van der Waals surface area contributed by atoms with Gasteiger partial charge in [0.15, 0.2) is 0 Å². The van der Waals surface area contributed by atoms with E-state index in [1.807, 2.05) is 52.0 Å². The lowest BCUT2D eigenvalue weighted by molar-refractivity contribution is 0.640.